The molecule has 6 heteroatoms. The number of nitrogens with one attached hydrogen (secondary N) is 1. The van der Waals surface area contributed by atoms with Crippen molar-refractivity contribution in [3.63, 3.8) is 0 Å². The van der Waals surface area contributed by atoms with Crippen LogP contribution in [0.2, 0.25) is 0 Å². The second-order valence-corrected chi connectivity index (χ2v) is 5.19. The predicted octanol–water partition coefficient (Wildman–Crippen LogP) is -0.365. The van der Waals surface area contributed by atoms with Gasteiger partial charge in [-0.3, -0.25) is 9.59 Å². The standard InChI is InChI=1S/C12H23N3O3/c1-8(2)15-4-3-9(7-15)6-14-12(18)10(13)5-11(16)17/h8-10H,3-7,13H2,1-2H3,(H,14,18)(H,16,17). The van der Waals surface area contributed by atoms with Gasteiger partial charge < -0.3 is 21.1 Å². The lowest BCUT2D eigenvalue weighted by Gasteiger charge is -2.20. The van der Waals surface area contributed by atoms with Gasteiger partial charge in [0.05, 0.1) is 12.5 Å². The van der Waals surface area contributed by atoms with Crippen molar-refractivity contribution in [1.82, 2.24) is 10.2 Å². The third-order valence-electron chi connectivity index (χ3n) is 3.34. The minimum atomic E-state index is -1.05. The molecule has 18 heavy (non-hydrogen) atoms. The highest BCUT2D eigenvalue weighted by Crippen LogP contribution is 2.17. The third-order valence-corrected chi connectivity index (χ3v) is 3.34. The van der Waals surface area contributed by atoms with Gasteiger partial charge in [-0.05, 0) is 32.7 Å². The molecule has 0 radical (unpaired) electrons. The number of nitrogens with zero attached hydrogens (tertiary/aromatic N) is 1. The van der Waals surface area contributed by atoms with Crippen LogP contribution in [-0.2, 0) is 9.59 Å². The largest absolute Gasteiger partial charge is 0.481 e. The minimum Gasteiger partial charge on any atom is -0.481 e. The molecular formula is C12H23N3O3. The van der Waals surface area contributed by atoms with Gasteiger partial charge in [0.25, 0.3) is 0 Å². The molecule has 0 aliphatic carbocycles. The van der Waals surface area contributed by atoms with E-state index in [1.54, 1.807) is 0 Å². The SMILES string of the molecule is CC(C)N1CCC(CNC(=O)C(N)CC(=O)O)C1. The molecule has 0 saturated carbocycles. The summed E-state index contributed by atoms with van der Waals surface area (Å²) >= 11 is 0. The van der Waals surface area contributed by atoms with E-state index in [-0.39, 0.29) is 12.3 Å². The Kier molecular flexibility index (Phi) is 5.55. The van der Waals surface area contributed by atoms with E-state index < -0.39 is 12.0 Å². The van der Waals surface area contributed by atoms with Crippen molar-refractivity contribution in [2.45, 2.75) is 38.8 Å². The first-order valence-corrected chi connectivity index (χ1v) is 6.39. The van der Waals surface area contributed by atoms with Crippen molar-refractivity contribution in [3.05, 3.63) is 0 Å². The molecule has 1 aliphatic rings. The van der Waals surface area contributed by atoms with Gasteiger partial charge in [-0.25, -0.2) is 0 Å². The number of nitrogens with two attached hydrogens (primary N) is 1. The fraction of sp³-hybridized carbons (Fsp3) is 0.833. The van der Waals surface area contributed by atoms with E-state index in [0.717, 1.165) is 19.5 Å². The number of amides is 1. The highest BCUT2D eigenvalue weighted by Gasteiger charge is 2.25. The molecule has 0 bridgehead atoms. The molecule has 2 atom stereocenters. The number of aliphatic carboxylic acids is 1. The molecule has 1 aliphatic heterocycles. The molecule has 0 aromatic heterocycles. The summed E-state index contributed by atoms with van der Waals surface area (Å²) in [7, 11) is 0. The molecule has 0 aromatic rings. The fourth-order valence-corrected chi connectivity index (χ4v) is 2.16. The number of rotatable bonds is 6. The molecule has 6 nitrogen and oxygen atoms in total. The number of hydrogen-bond donors (Lipinski definition) is 3. The van der Waals surface area contributed by atoms with E-state index in [9.17, 15) is 9.59 Å². The van der Waals surface area contributed by atoms with E-state index in [4.69, 9.17) is 10.8 Å². The average Bonchev–Trinajstić information content (AvgIpc) is 2.73. The molecule has 104 valence electrons. The highest BCUT2D eigenvalue weighted by atomic mass is 16.4. The maximum absolute atomic E-state index is 11.5. The Labute approximate surface area is 108 Å². The maximum atomic E-state index is 11.5. The third kappa shape index (κ3) is 4.62. The number of carboxylic acids is 1. The summed E-state index contributed by atoms with van der Waals surface area (Å²) < 4.78 is 0. The van der Waals surface area contributed by atoms with Crippen LogP contribution >= 0.6 is 0 Å². The summed E-state index contributed by atoms with van der Waals surface area (Å²) in [6.07, 6.45) is 0.737. The minimum absolute atomic E-state index is 0.325. The van der Waals surface area contributed by atoms with Gasteiger partial charge in [-0.1, -0.05) is 0 Å². The fourth-order valence-electron chi connectivity index (χ4n) is 2.16. The van der Waals surface area contributed by atoms with Gasteiger partial charge in [0.2, 0.25) is 5.91 Å². The first-order valence-electron chi connectivity index (χ1n) is 6.39. The zero-order chi connectivity index (χ0) is 13.7. The summed E-state index contributed by atoms with van der Waals surface area (Å²) in [5.41, 5.74) is 5.48. The molecule has 0 aromatic carbocycles. The molecule has 2 unspecified atom stereocenters. The van der Waals surface area contributed by atoms with E-state index in [2.05, 4.69) is 24.1 Å². The highest BCUT2D eigenvalue weighted by molar-refractivity contribution is 5.85. The average molecular weight is 257 g/mol. The van der Waals surface area contributed by atoms with Crippen LogP contribution < -0.4 is 11.1 Å². The molecule has 1 rings (SSSR count). The normalized spacial score (nSPS) is 22.1. The molecule has 1 heterocycles. The van der Waals surface area contributed by atoms with Gasteiger partial charge in [0, 0.05) is 19.1 Å². The first kappa shape index (κ1) is 14.9. The molecule has 1 saturated heterocycles. The second kappa shape index (κ2) is 6.70. The Morgan fingerprint density at radius 2 is 2.17 bits per heavy atom. The van der Waals surface area contributed by atoms with Crippen LogP contribution in [0.25, 0.3) is 0 Å². The lowest BCUT2D eigenvalue weighted by molar-refractivity contribution is -0.139. The van der Waals surface area contributed by atoms with Crippen molar-refractivity contribution in [1.29, 1.82) is 0 Å². The Morgan fingerprint density at radius 3 is 2.67 bits per heavy atom. The first-order chi connectivity index (χ1) is 8.40. The van der Waals surface area contributed by atoms with Crippen molar-refractivity contribution in [3.8, 4) is 0 Å². The number of likely N-dealkylation sites (tertiary alicyclic amines) is 1. The quantitative estimate of drug-likeness (QED) is 0.603. The molecular weight excluding hydrogens is 234 g/mol. The summed E-state index contributed by atoms with van der Waals surface area (Å²) in [5.74, 6) is -0.988. The summed E-state index contributed by atoms with van der Waals surface area (Å²) in [6.45, 7) is 6.92. The zero-order valence-corrected chi connectivity index (χ0v) is 11.1. The Morgan fingerprint density at radius 1 is 1.50 bits per heavy atom. The topological polar surface area (TPSA) is 95.7 Å². The van der Waals surface area contributed by atoms with Crippen molar-refractivity contribution in [2.24, 2.45) is 11.7 Å². The van der Waals surface area contributed by atoms with Crippen LogP contribution in [0.15, 0.2) is 0 Å². The van der Waals surface area contributed by atoms with Crippen molar-refractivity contribution < 1.29 is 14.7 Å². The smallest absolute Gasteiger partial charge is 0.305 e. The van der Waals surface area contributed by atoms with E-state index in [1.807, 2.05) is 0 Å². The van der Waals surface area contributed by atoms with Gasteiger partial charge in [-0.15, -0.1) is 0 Å². The number of carboxylic acid groups (broad SMARTS) is 1. The lowest BCUT2D eigenvalue weighted by atomic mass is 10.1. The van der Waals surface area contributed by atoms with Crippen LogP contribution in [0.1, 0.15) is 26.7 Å². The van der Waals surface area contributed by atoms with Gasteiger partial charge in [0.15, 0.2) is 0 Å². The second-order valence-electron chi connectivity index (χ2n) is 5.19. The van der Waals surface area contributed by atoms with E-state index in [1.165, 1.54) is 0 Å². The molecule has 1 amide bonds. The van der Waals surface area contributed by atoms with Crippen LogP contribution in [0.3, 0.4) is 0 Å². The Bertz CT molecular complexity index is 307. The van der Waals surface area contributed by atoms with Crippen LogP contribution in [0.5, 0.6) is 0 Å². The lowest BCUT2D eigenvalue weighted by Crippen LogP contribution is -2.43. The number of hydrogen-bond acceptors (Lipinski definition) is 4. The summed E-state index contributed by atoms with van der Waals surface area (Å²) in [5, 5.41) is 11.3. The Hall–Kier alpha value is -1.14. The molecule has 4 N–H and O–H groups in total. The summed E-state index contributed by atoms with van der Waals surface area (Å²) in [6, 6.07) is -0.426. The molecule has 1 fully saturated rings. The van der Waals surface area contributed by atoms with Gasteiger partial charge >= 0.3 is 5.97 Å². The van der Waals surface area contributed by atoms with Crippen molar-refractivity contribution >= 4 is 11.9 Å². The van der Waals surface area contributed by atoms with Gasteiger partial charge in [-0.2, -0.15) is 0 Å². The van der Waals surface area contributed by atoms with E-state index in [0.29, 0.717) is 18.5 Å². The van der Waals surface area contributed by atoms with Crippen molar-refractivity contribution in [2.75, 3.05) is 19.6 Å². The number of carbonyl (C=O) groups excluding carboxylic acids is 1. The van der Waals surface area contributed by atoms with Crippen LogP contribution in [0.4, 0.5) is 0 Å². The zero-order valence-electron chi connectivity index (χ0n) is 11.1. The number of carbonyl (C=O) groups is 2. The maximum Gasteiger partial charge on any atom is 0.305 e. The molecule has 0 spiro atoms. The van der Waals surface area contributed by atoms with Crippen LogP contribution in [-0.4, -0.2) is 53.6 Å². The van der Waals surface area contributed by atoms with Crippen LogP contribution in [0, 0.1) is 5.92 Å². The summed E-state index contributed by atoms with van der Waals surface area (Å²) in [4.78, 5) is 24.3. The van der Waals surface area contributed by atoms with E-state index >= 15 is 0 Å². The Balaban J connectivity index is 2.25. The monoisotopic (exact) mass is 257 g/mol. The predicted molar refractivity (Wildman–Crippen MR) is 68.1 cm³/mol. The van der Waals surface area contributed by atoms with Gasteiger partial charge in [0.1, 0.15) is 0 Å².